The summed E-state index contributed by atoms with van der Waals surface area (Å²) in [5, 5.41) is 15.9. The highest BCUT2D eigenvalue weighted by atomic mass is 16.5. The maximum Gasteiger partial charge on any atom is 0.335 e. The van der Waals surface area contributed by atoms with E-state index >= 15 is 0 Å². The molecule has 0 unspecified atom stereocenters. The van der Waals surface area contributed by atoms with Crippen LogP contribution < -0.4 is 10.1 Å². The fourth-order valence-corrected chi connectivity index (χ4v) is 5.03. The molecule has 5 rings (SSSR count). The van der Waals surface area contributed by atoms with Gasteiger partial charge in [-0.1, -0.05) is 72.8 Å². The zero-order chi connectivity index (χ0) is 23.7. The van der Waals surface area contributed by atoms with E-state index in [2.05, 4.69) is 60.8 Å². The highest BCUT2D eigenvalue weighted by molar-refractivity contribution is 5.89. The molecule has 1 aliphatic rings. The highest BCUT2D eigenvalue weighted by Crippen LogP contribution is 2.40. The fraction of sp³-hybridized carbons (Fsp3) is 0.233. The second-order valence-electron chi connectivity index (χ2n) is 9.21. The van der Waals surface area contributed by atoms with Crippen molar-refractivity contribution in [1.82, 2.24) is 5.32 Å². The number of aryl methyl sites for hydroxylation is 2. The summed E-state index contributed by atoms with van der Waals surface area (Å²) in [6.07, 6.45) is 1.64. The van der Waals surface area contributed by atoms with Gasteiger partial charge in [-0.25, -0.2) is 4.79 Å². The number of hydrogen-bond acceptors (Lipinski definition) is 3. The van der Waals surface area contributed by atoms with E-state index in [1.807, 2.05) is 37.3 Å². The molecule has 0 radical (unpaired) electrons. The summed E-state index contributed by atoms with van der Waals surface area (Å²) in [6.45, 7) is 4.57. The molecule has 0 saturated carbocycles. The van der Waals surface area contributed by atoms with Crippen LogP contribution in [0.2, 0.25) is 0 Å². The Bertz CT molecular complexity index is 1360. The number of ether oxygens (including phenoxy) is 1. The molecule has 4 aromatic carbocycles. The van der Waals surface area contributed by atoms with Crippen LogP contribution in [0.25, 0.3) is 10.8 Å². The lowest BCUT2D eigenvalue weighted by Crippen LogP contribution is -2.46. The average Bonchev–Trinajstić information content (AvgIpc) is 2.87. The zero-order valence-corrected chi connectivity index (χ0v) is 19.5. The number of carboxylic acid groups (broad SMARTS) is 1. The van der Waals surface area contributed by atoms with Gasteiger partial charge in [-0.15, -0.1) is 0 Å². The summed E-state index contributed by atoms with van der Waals surface area (Å²) in [6, 6.07) is 28.7. The van der Waals surface area contributed by atoms with Gasteiger partial charge in [-0.05, 0) is 71.8 Å². The van der Waals surface area contributed by atoms with Crippen LogP contribution in [-0.2, 0) is 12.0 Å². The lowest BCUT2D eigenvalue weighted by atomic mass is 9.83. The average molecular weight is 452 g/mol. The van der Waals surface area contributed by atoms with E-state index in [9.17, 15) is 9.90 Å². The number of carbonyl (C=O) groups is 1. The van der Waals surface area contributed by atoms with Gasteiger partial charge in [-0.3, -0.25) is 0 Å². The minimum atomic E-state index is -0.914. The van der Waals surface area contributed by atoms with Crippen molar-refractivity contribution in [2.24, 2.45) is 0 Å². The first kappa shape index (κ1) is 22.2. The van der Waals surface area contributed by atoms with Gasteiger partial charge in [0.15, 0.2) is 0 Å². The molecule has 1 heterocycles. The third kappa shape index (κ3) is 4.06. The summed E-state index contributed by atoms with van der Waals surface area (Å²) >= 11 is 0. The number of benzene rings is 4. The zero-order valence-electron chi connectivity index (χ0n) is 19.5. The summed E-state index contributed by atoms with van der Waals surface area (Å²) in [4.78, 5) is 11.9. The molecular formula is C30H29NO3. The number of rotatable bonds is 6. The van der Waals surface area contributed by atoms with Crippen LogP contribution in [0.1, 0.15) is 52.0 Å². The lowest BCUT2D eigenvalue weighted by molar-refractivity contribution is 0.0401. The molecule has 172 valence electrons. The van der Waals surface area contributed by atoms with Crippen LogP contribution in [0.4, 0.5) is 0 Å². The predicted octanol–water partition coefficient (Wildman–Crippen LogP) is 6.42. The van der Waals surface area contributed by atoms with Gasteiger partial charge in [0, 0.05) is 12.6 Å². The Hall–Kier alpha value is -3.63. The van der Waals surface area contributed by atoms with Crippen molar-refractivity contribution in [2.75, 3.05) is 6.54 Å². The van der Waals surface area contributed by atoms with Crippen LogP contribution in [0, 0.1) is 6.92 Å². The van der Waals surface area contributed by atoms with Gasteiger partial charge >= 0.3 is 5.97 Å². The van der Waals surface area contributed by atoms with E-state index in [1.165, 1.54) is 21.9 Å². The Morgan fingerprint density at radius 3 is 2.65 bits per heavy atom. The third-order valence-corrected chi connectivity index (χ3v) is 7.05. The van der Waals surface area contributed by atoms with Crippen molar-refractivity contribution in [1.29, 1.82) is 0 Å². The first-order valence-corrected chi connectivity index (χ1v) is 11.8. The molecule has 2 N–H and O–H groups in total. The number of aromatic carboxylic acids is 1. The number of nitrogens with one attached hydrogen (secondary N) is 1. The lowest BCUT2D eigenvalue weighted by Gasteiger charge is -2.40. The van der Waals surface area contributed by atoms with Gasteiger partial charge in [0.05, 0.1) is 5.56 Å². The normalized spacial score (nSPS) is 18.2. The molecule has 4 heteroatoms. The molecular weight excluding hydrogens is 422 g/mol. The summed E-state index contributed by atoms with van der Waals surface area (Å²) in [7, 11) is 0. The van der Waals surface area contributed by atoms with Gasteiger partial charge in [0.1, 0.15) is 11.4 Å². The smallest absolute Gasteiger partial charge is 0.335 e. The van der Waals surface area contributed by atoms with Crippen molar-refractivity contribution in [3.8, 4) is 5.75 Å². The van der Waals surface area contributed by atoms with Gasteiger partial charge in [-0.2, -0.15) is 0 Å². The SMILES string of the molecule is Cc1ccc([C@@]2(CN[C@H](C)c3cccc4ccccc34)CCc3ccccc3O2)cc1C(=O)O. The van der Waals surface area contributed by atoms with E-state index < -0.39 is 11.6 Å². The van der Waals surface area contributed by atoms with Crippen LogP contribution >= 0.6 is 0 Å². The standard InChI is InChI=1S/C30H29NO3/c1-20-14-15-24(18-27(20)29(32)33)30(17-16-23-9-4-6-13-28(23)34-30)19-31-21(2)25-12-7-10-22-8-3-5-11-26(22)25/h3-15,18,21,31H,16-17,19H2,1-2H3,(H,32,33)/t21-,30+/m1/s1. The Kier molecular flexibility index (Phi) is 5.84. The maximum absolute atomic E-state index is 11.9. The van der Waals surface area contributed by atoms with Gasteiger partial charge in [0.2, 0.25) is 0 Å². The maximum atomic E-state index is 11.9. The summed E-state index contributed by atoms with van der Waals surface area (Å²) in [5.74, 6) is -0.0476. The Morgan fingerprint density at radius 2 is 1.79 bits per heavy atom. The number of fused-ring (bicyclic) bond motifs is 2. The van der Waals surface area contributed by atoms with E-state index in [0.29, 0.717) is 12.1 Å². The second-order valence-corrected chi connectivity index (χ2v) is 9.21. The van der Waals surface area contributed by atoms with Crippen molar-refractivity contribution in [2.45, 2.75) is 38.3 Å². The Balaban J connectivity index is 1.51. The molecule has 0 fully saturated rings. The van der Waals surface area contributed by atoms with Crippen LogP contribution in [0.3, 0.4) is 0 Å². The van der Waals surface area contributed by atoms with E-state index in [1.54, 1.807) is 6.07 Å². The number of carboxylic acids is 1. The largest absolute Gasteiger partial charge is 0.481 e. The molecule has 0 bridgehead atoms. The van der Waals surface area contributed by atoms with Gasteiger partial charge in [0.25, 0.3) is 0 Å². The number of hydrogen-bond donors (Lipinski definition) is 2. The minimum Gasteiger partial charge on any atom is -0.481 e. The van der Waals surface area contributed by atoms with E-state index in [-0.39, 0.29) is 6.04 Å². The Labute approximate surface area is 200 Å². The molecule has 1 aliphatic heterocycles. The minimum absolute atomic E-state index is 0.0909. The molecule has 4 nitrogen and oxygen atoms in total. The van der Waals surface area contributed by atoms with Crippen LogP contribution in [0.15, 0.2) is 84.9 Å². The molecule has 2 atom stereocenters. The van der Waals surface area contributed by atoms with Crippen LogP contribution in [0.5, 0.6) is 5.75 Å². The molecule has 0 spiro atoms. The molecule has 0 amide bonds. The molecule has 0 saturated heterocycles. The molecule has 4 aromatic rings. The fourth-order valence-electron chi connectivity index (χ4n) is 5.03. The third-order valence-electron chi connectivity index (χ3n) is 7.05. The quantitative estimate of drug-likeness (QED) is 0.355. The van der Waals surface area contributed by atoms with Crippen LogP contribution in [-0.4, -0.2) is 17.6 Å². The topological polar surface area (TPSA) is 58.6 Å². The summed E-state index contributed by atoms with van der Waals surface area (Å²) < 4.78 is 6.70. The predicted molar refractivity (Wildman–Crippen MR) is 136 cm³/mol. The first-order chi connectivity index (χ1) is 16.5. The van der Waals surface area contributed by atoms with Gasteiger partial charge < -0.3 is 15.2 Å². The molecule has 0 aromatic heterocycles. The van der Waals surface area contributed by atoms with Crippen molar-refractivity contribution < 1.29 is 14.6 Å². The first-order valence-electron chi connectivity index (χ1n) is 11.8. The monoisotopic (exact) mass is 451 g/mol. The van der Waals surface area contributed by atoms with Crippen molar-refractivity contribution >= 4 is 16.7 Å². The number of para-hydroxylation sites is 1. The summed E-state index contributed by atoms with van der Waals surface area (Å²) in [5.41, 5.74) is 3.72. The Morgan fingerprint density at radius 1 is 1.03 bits per heavy atom. The molecule has 0 aliphatic carbocycles. The molecule has 34 heavy (non-hydrogen) atoms. The van der Waals surface area contributed by atoms with Crippen molar-refractivity contribution in [3.05, 3.63) is 113 Å². The van der Waals surface area contributed by atoms with Crippen molar-refractivity contribution in [3.63, 3.8) is 0 Å². The second kappa shape index (κ2) is 8.96. The van der Waals surface area contributed by atoms with E-state index in [0.717, 1.165) is 29.7 Å². The van der Waals surface area contributed by atoms with E-state index in [4.69, 9.17) is 4.74 Å². The highest BCUT2D eigenvalue weighted by Gasteiger charge is 2.39.